The fourth-order valence-corrected chi connectivity index (χ4v) is 13.0. The second kappa shape index (κ2) is 66.9. The minimum absolute atomic E-state index is 0.106. The van der Waals surface area contributed by atoms with Crippen molar-refractivity contribution < 1.29 is 80.2 Å². The number of phosphoric acid groups is 2. The average Bonchev–Trinajstić information content (AvgIpc) is 1.66. The fourth-order valence-electron chi connectivity index (χ4n) is 11.4. The molecule has 0 amide bonds. The Hall–Kier alpha value is -1.94. The molecule has 3 unspecified atom stereocenters. The van der Waals surface area contributed by atoms with Crippen molar-refractivity contribution in [1.29, 1.82) is 0 Å². The van der Waals surface area contributed by atoms with Crippen LogP contribution in [0.25, 0.3) is 0 Å². The molecule has 0 aromatic heterocycles. The summed E-state index contributed by atoms with van der Waals surface area (Å²) in [6.07, 6.45) is 53.9. The number of aliphatic hydroxyl groups excluding tert-OH is 1. The van der Waals surface area contributed by atoms with E-state index in [9.17, 15) is 43.2 Å². The molecule has 0 aliphatic rings. The van der Waals surface area contributed by atoms with E-state index in [2.05, 4.69) is 41.5 Å². The standard InChI is InChI=1S/C75H146O17P2/c1-7-10-12-14-16-18-20-21-25-28-34-40-46-52-58-73(78)86-64-70(91-74(79)59-53-47-41-35-29-26-23-22-24-27-32-38-44-50-56-68(6)9-3)65-89-93(81,82)87-61-69(76)62-88-94(83,84)90-66-71(63-85-72(77)57-51-45-39-33-19-17-15-13-11-8-2)92-75(80)60-54-48-42-36-30-31-37-43-49-55-67(4)5/h67-71,76H,7-66H2,1-6H3,(H,81,82)(H,83,84)/t68?,69-,70-,71-/m1/s1. The number of rotatable bonds is 74. The van der Waals surface area contributed by atoms with E-state index in [4.69, 9.17) is 37.0 Å². The number of carbonyl (C=O) groups excluding carboxylic acids is 4. The maximum atomic E-state index is 13.1. The van der Waals surface area contributed by atoms with Gasteiger partial charge in [0.25, 0.3) is 0 Å². The van der Waals surface area contributed by atoms with Crippen LogP contribution in [0.1, 0.15) is 388 Å². The van der Waals surface area contributed by atoms with Crippen LogP contribution in [0.2, 0.25) is 0 Å². The first-order valence-electron chi connectivity index (χ1n) is 39.0. The van der Waals surface area contributed by atoms with Gasteiger partial charge in [0.2, 0.25) is 0 Å². The van der Waals surface area contributed by atoms with E-state index < -0.39 is 97.5 Å². The Labute approximate surface area is 575 Å². The van der Waals surface area contributed by atoms with Crippen LogP contribution >= 0.6 is 15.6 Å². The zero-order chi connectivity index (χ0) is 69.3. The SMILES string of the molecule is CCCCCCCCCCCCCCCCC(=O)OC[C@H](COP(=O)(O)OC[C@@H](O)COP(=O)(O)OC[C@@H](COC(=O)CCCCCCCCCCCC)OC(=O)CCCCCCCCCCCC(C)C)OC(=O)CCCCCCCCCCCCCCCCC(C)CC. The summed E-state index contributed by atoms with van der Waals surface area (Å²) in [6, 6.07) is 0. The second-order valence-electron chi connectivity index (χ2n) is 27.8. The highest BCUT2D eigenvalue weighted by Crippen LogP contribution is 2.45. The van der Waals surface area contributed by atoms with Crippen molar-refractivity contribution in [2.75, 3.05) is 39.6 Å². The van der Waals surface area contributed by atoms with Crippen molar-refractivity contribution >= 4 is 39.5 Å². The Morgan fingerprint density at radius 2 is 0.543 bits per heavy atom. The molecule has 94 heavy (non-hydrogen) atoms. The molecular formula is C75H146O17P2. The number of unbranched alkanes of at least 4 members (excludes halogenated alkanes) is 43. The van der Waals surface area contributed by atoms with Crippen LogP contribution in [-0.2, 0) is 65.4 Å². The maximum absolute atomic E-state index is 13.1. The van der Waals surface area contributed by atoms with E-state index >= 15 is 0 Å². The third kappa shape index (κ3) is 67.3. The van der Waals surface area contributed by atoms with Gasteiger partial charge >= 0.3 is 39.5 Å². The van der Waals surface area contributed by atoms with Crippen molar-refractivity contribution in [2.45, 2.75) is 407 Å². The first kappa shape index (κ1) is 92.1. The lowest BCUT2D eigenvalue weighted by Gasteiger charge is -2.21. The molecule has 0 saturated carbocycles. The molecule has 19 heteroatoms. The third-order valence-corrected chi connectivity index (χ3v) is 19.7. The molecular weight excluding hydrogens is 1230 g/mol. The van der Waals surface area contributed by atoms with Gasteiger partial charge in [-0.15, -0.1) is 0 Å². The highest BCUT2D eigenvalue weighted by Gasteiger charge is 2.30. The van der Waals surface area contributed by atoms with Crippen LogP contribution in [0.4, 0.5) is 0 Å². The predicted molar refractivity (Wildman–Crippen MR) is 381 cm³/mol. The summed E-state index contributed by atoms with van der Waals surface area (Å²) in [4.78, 5) is 72.7. The van der Waals surface area contributed by atoms with Gasteiger partial charge in [0.05, 0.1) is 26.4 Å². The lowest BCUT2D eigenvalue weighted by molar-refractivity contribution is -0.161. The zero-order valence-electron chi connectivity index (χ0n) is 61.3. The Morgan fingerprint density at radius 1 is 0.309 bits per heavy atom. The number of esters is 4. The minimum Gasteiger partial charge on any atom is -0.462 e. The smallest absolute Gasteiger partial charge is 0.462 e. The molecule has 0 spiro atoms. The van der Waals surface area contributed by atoms with Gasteiger partial charge < -0.3 is 33.8 Å². The first-order chi connectivity index (χ1) is 45.4. The Kier molecular flexibility index (Phi) is 65.5. The molecule has 0 radical (unpaired) electrons. The third-order valence-electron chi connectivity index (χ3n) is 17.8. The van der Waals surface area contributed by atoms with E-state index in [1.807, 2.05) is 0 Å². The molecule has 0 aliphatic heterocycles. The first-order valence-corrected chi connectivity index (χ1v) is 42.0. The van der Waals surface area contributed by atoms with Crippen LogP contribution in [0.3, 0.4) is 0 Å². The Bertz CT molecular complexity index is 1820. The molecule has 558 valence electrons. The van der Waals surface area contributed by atoms with Gasteiger partial charge in [-0.25, -0.2) is 9.13 Å². The normalized spacial score (nSPS) is 14.3. The molecule has 0 bridgehead atoms. The largest absolute Gasteiger partial charge is 0.472 e. The van der Waals surface area contributed by atoms with Crippen molar-refractivity contribution in [3.05, 3.63) is 0 Å². The van der Waals surface area contributed by atoms with E-state index in [-0.39, 0.29) is 25.7 Å². The van der Waals surface area contributed by atoms with Crippen LogP contribution in [0, 0.1) is 11.8 Å². The maximum Gasteiger partial charge on any atom is 0.472 e. The zero-order valence-corrected chi connectivity index (χ0v) is 63.1. The summed E-state index contributed by atoms with van der Waals surface area (Å²) < 4.78 is 68.5. The number of phosphoric ester groups is 2. The predicted octanol–water partition coefficient (Wildman–Crippen LogP) is 21.9. The lowest BCUT2D eigenvalue weighted by atomic mass is 9.99. The number of carbonyl (C=O) groups is 4. The molecule has 17 nitrogen and oxygen atoms in total. The van der Waals surface area contributed by atoms with E-state index in [1.54, 1.807) is 0 Å². The van der Waals surface area contributed by atoms with Gasteiger partial charge in [0.15, 0.2) is 12.2 Å². The van der Waals surface area contributed by atoms with Crippen LogP contribution < -0.4 is 0 Å². The van der Waals surface area contributed by atoms with Crippen LogP contribution in [0.5, 0.6) is 0 Å². The molecule has 0 aromatic rings. The summed E-state index contributed by atoms with van der Waals surface area (Å²) >= 11 is 0. The summed E-state index contributed by atoms with van der Waals surface area (Å²) in [5.41, 5.74) is 0. The highest BCUT2D eigenvalue weighted by atomic mass is 31.2. The van der Waals surface area contributed by atoms with Gasteiger partial charge in [0, 0.05) is 25.7 Å². The Balaban J connectivity index is 5.24. The average molecular weight is 1380 g/mol. The summed E-state index contributed by atoms with van der Waals surface area (Å²) in [5, 5.41) is 10.6. The van der Waals surface area contributed by atoms with Crippen molar-refractivity contribution in [3.8, 4) is 0 Å². The molecule has 0 fully saturated rings. The molecule has 0 rings (SSSR count). The minimum atomic E-state index is -4.96. The van der Waals surface area contributed by atoms with Crippen molar-refractivity contribution in [1.82, 2.24) is 0 Å². The monoisotopic (exact) mass is 1380 g/mol. The van der Waals surface area contributed by atoms with Gasteiger partial charge in [-0.2, -0.15) is 0 Å². The molecule has 0 aliphatic carbocycles. The molecule has 0 saturated heterocycles. The topological polar surface area (TPSA) is 237 Å². The molecule has 0 heterocycles. The fraction of sp³-hybridized carbons (Fsp3) is 0.947. The summed E-state index contributed by atoms with van der Waals surface area (Å²) in [6.45, 7) is 9.61. The number of ether oxygens (including phenoxy) is 4. The van der Waals surface area contributed by atoms with Gasteiger partial charge in [0.1, 0.15) is 19.3 Å². The van der Waals surface area contributed by atoms with Gasteiger partial charge in [-0.05, 0) is 37.5 Å². The van der Waals surface area contributed by atoms with Crippen molar-refractivity contribution in [2.24, 2.45) is 11.8 Å². The summed E-state index contributed by atoms with van der Waals surface area (Å²) in [5.74, 6) is -0.534. The number of hydrogen-bond donors (Lipinski definition) is 3. The quantitative estimate of drug-likeness (QED) is 0.0222. The molecule has 6 atom stereocenters. The van der Waals surface area contributed by atoms with Crippen LogP contribution in [0.15, 0.2) is 0 Å². The summed E-state index contributed by atoms with van der Waals surface area (Å²) in [7, 11) is -9.91. The van der Waals surface area contributed by atoms with E-state index in [0.29, 0.717) is 25.7 Å². The Morgan fingerprint density at radius 3 is 0.809 bits per heavy atom. The van der Waals surface area contributed by atoms with Crippen molar-refractivity contribution in [3.63, 3.8) is 0 Å². The van der Waals surface area contributed by atoms with E-state index in [0.717, 1.165) is 102 Å². The number of hydrogen-bond acceptors (Lipinski definition) is 15. The molecule has 3 N–H and O–H groups in total. The lowest BCUT2D eigenvalue weighted by Crippen LogP contribution is -2.30. The molecule has 0 aromatic carbocycles. The van der Waals surface area contributed by atoms with Gasteiger partial charge in [-0.1, -0.05) is 337 Å². The number of aliphatic hydroxyl groups is 1. The second-order valence-corrected chi connectivity index (χ2v) is 30.7. The van der Waals surface area contributed by atoms with Crippen LogP contribution in [-0.4, -0.2) is 96.7 Å². The highest BCUT2D eigenvalue weighted by molar-refractivity contribution is 7.47. The van der Waals surface area contributed by atoms with E-state index in [1.165, 1.54) is 205 Å². The van der Waals surface area contributed by atoms with Gasteiger partial charge in [-0.3, -0.25) is 37.3 Å².